The number of carboxylic acids is 1. The third-order valence-corrected chi connectivity index (χ3v) is 10.1. The summed E-state index contributed by atoms with van der Waals surface area (Å²) in [5.41, 5.74) is -0.775. The first-order chi connectivity index (χ1) is 12.3. The Kier molecular flexibility index (Phi) is 3.53. The lowest BCUT2D eigenvalue weighted by Gasteiger charge is -2.83. The molecule has 26 heavy (non-hydrogen) atoms. The fourth-order valence-corrected chi connectivity index (χ4v) is 9.19. The van der Waals surface area contributed by atoms with E-state index in [-0.39, 0.29) is 17.3 Å². The van der Waals surface area contributed by atoms with Crippen molar-refractivity contribution < 1.29 is 15.0 Å². The smallest absolute Gasteiger partial charge is 0.303 e. The van der Waals surface area contributed by atoms with E-state index in [4.69, 9.17) is 0 Å². The summed E-state index contributed by atoms with van der Waals surface area (Å²) in [7, 11) is 0. The van der Waals surface area contributed by atoms with Crippen molar-refractivity contribution in [3.8, 4) is 0 Å². The van der Waals surface area contributed by atoms with Gasteiger partial charge in [0.25, 0.3) is 0 Å². The third kappa shape index (κ3) is 1.73. The van der Waals surface area contributed by atoms with Crippen molar-refractivity contribution in [3.63, 3.8) is 0 Å². The average molecular weight is 362 g/mol. The summed E-state index contributed by atoms with van der Waals surface area (Å²) in [4.78, 5) is 14.4. The SMILES string of the molecule is CC(C)[C@H]1CC[C@@]2(C)[C@H]3C[C@@H]4[C@H]5CCC[C@@]4(O)[C@@]2(CCC(=O)O)[C@@H]1N5C3. The number of aliphatic hydroxyl groups is 1. The second-order valence-corrected chi connectivity index (χ2v) is 10.8. The van der Waals surface area contributed by atoms with Crippen molar-refractivity contribution in [1.82, 2.24) is 4.90 Å². The first-order valence-electron chi connectivity index (χ1n) is 11.0. The predicted molar refractivity (Wildman–Crippen MR) is 99.7 cm³/mol. The highest BCUT2D eigenvalue weighted by atomic mass is 16.4. The zero-order chi connectivity index (χ0) is 18.5. The van der Waals surface area contributed by atoms with Crippen LogP contribution < -0.4 is 0 Å². The molecular weight excluding hydrogens is 326 g/mol. The van der Waals surface area contributed by atoms with Gasteiger partial charge in [0, 0.05) is 36.4 Å². The van der Waals surface area contributed by atoms with Gasteiger partial charge in [0.15, 0.2) is 0 Å². The van der Waals surface area contributed by atoms with E-state index in [0.717, 1.165) is 12.8 Å². The molecule has 6 rings (SSSR count). The molecule has 4 nitrogen and oxygen atoms in total. The molecule has 3 aliphatic heterocycles. The molecule has 3 saturated heterocycles. The molecule has 0 aromatic heterocycles. The van der Waals surface area contributed by atoms with Crippen LogP contribution in [0.3, 0.4) is 0 Å². The Balaban J connectivity index is 1.72. The van der Waals surface area contributed by atoms with Crippen molar-refractivity contribution in [2.75, 3.05) is 6.54 Å². The van der Waals surface area contributed by atoms with Crippen molar-refractivity contribution in [2.24, 2.45) is 34.5 Å². The molecule has 0 spiro atoms. The maximum atomic E-state index is 12.3. The summed E-state index contributed by atoms with van der Waals surface area (Å²) >= 11 is 0. The summed E-state index contributed by atoms with van der Waals surface area (Å²) in [6.07, 6.45) is 7.68. The standard InChI is InChI=1S/C22H35NO3/c1-13(2)15-6-9-20(3)14-11-16-17-5-4-8-22(16,26)21(20,10-7-18(24)25)19(15)23(17)12-14/h13-17,19,26H,4-12H2,1-3H3,(H,24,25)/t14-,15+,16+,17+,19+,20-,21-,22-/m0/s1. The normalized spacial score (nSPS) is 56.8. The summed E-state index contributed by atoms with van der Waals surface area (Å²) < 4.78 is 0. The van der Waals surface area contributed by atoms with Gasteiger partial charge in [0.2, 0.25) is 0 Å². The average Bonchev–Trinajstić information content (AvgIpc) is 2.57. The molecule has 0 aromatic carbocycles. The zero-order valence-corrected chi connectivity index (χ0v) is 16.6. The number of carboxylic acid groups (broad SMARTS) is 1. The van der Waals surface area contributed by atoms with Crippen LogP contribution in [-0.4, -0.2) is 45.3 Å². The minimum absolute atomic E-state index is 0.0998. The summed E-state index contributed by atoms with van der Waals surface area (Å²) in [6, 6.07) is 0.917. The Morgan fingerprint density at radius 1 is 1.27 bits per heavy atom. The molecule has 6 aliphatic rings. The molecule has 8 bridgehead atoms. The number of aliphatic carboxylic acids is 1. The van der Waals surface area contributed by atoms with Gasteiger partial charge < -0.3 is 10.2 Å². The first kappa shape index (κ1) is 17.5. The van der Waals surface area contributed by atoms with Crippen LogP contribution in [-0.2, 0) is 4.79 Å². The molecule has 0 amide bonds. The quantitative estimate of drug-likeness (QED) is 0.804. The van der Waals surface area contributed by atoms with Gasteiger partial charge in [-0.1, -0.05) is 20.8 Å². The second kappa shape index (κ2) is 5.26. The molecule has 3 saturated carbocycles. The Morgan fingerprint density at radius 3 is 2.73 bits per heavy atom. The van der Waals surface area contributed by atoms with Crippen LogP contribution in [0.1, 0.15) is 72.1 Å². The Bertz CT molecular complexity index is 635. The van der Waals surface area contributed by atoms with E-state index in [0.29, 0.717) is 42.2 Å². The largest absolute Gasteiger partial charge is 0.481 e. The predicted octanol–water partition coefficient (Wildman–Crippen LogP) is 3.53. The highest BCUT2D eigenvalue weighted by Gasteiger charge is 2.80. The number of carbonyl (C=O) groups is 1. The van der Waals surface area contributed by atoms with Crippen LogP contribution in [0, 0.1) is 34.5 Å². The summed E-state index contributed by atoms with van der Waals surface area (Å²) in [5.74, 6) is 1.49. The first-order valence-corrected chi connectivity index (χ1v) is 11.0. The highest BCUT2D eigenvalue weighted by molar-refractivity contribution is 5.67. The molecule has 3 heterocycles. The third-order valence-electron chi connectivity index (χ3n) is 10.1. The van der Waals surface area contributed by atoms with Crippen LogP contribution in [0.15, 0.2) is 0 Å². The molecule has 6 fully saturated rings. The lowest BCUT2D eigenvalue weighted by molar-refractivity contribution is -0.376. The number of piperidine rings is 3. The van der Waals surface area contributed by atoms with E-state index in [1.54, 1.807) is 0 Å². The Morgan fingerprint density at radius 2 is 2.04 bits per heavy atom. The maximum Gasteiger partial charge on any atom is 0.303 e. The molecule has 0 radical (unpaired) electrons. The van der Waals surface area contributed by atoms with Crippen LogP contribution in [0.5, 0.6) is 0 Å². The van der Waals surface area contributed by atoms with Crippen molar-refractivity contribution in [3.05, 3.63) is 0 Å². The van der Waals surface area contributed by atoms with E-state index in [2.05, 4.69) is 25.7 Å². The minimum atomic E-state index is -0.700. The van der Waals surface area contributed by atoms with Crippen LogP contribution in [0.2, 0.25) is 0 Å². The van der Waals surface area contributed by atoms with Gasteiger partial charge in [0.1, 0.15) is 0 Å². The monoisotopic (exact) mass is 361 g/mol. The van der Waals surface area contributed by atoms with E-state index in [1.165, 1.54) is 32.2 Å². The number of hydrogen-bond acceptors (Lipinski definition) is 3. The highest BCUT2D eigenvalue weighted by Crippen LogP contribution is 2.77. The molecule has 3 aliphatic carbocycles. The van der Waals surface area contributed by atoms with E-state index >= 15 is 0 Å². The molecule has 4 heteroatoms. The van der Waals surface area contributed by atoms with E-state index < -0.39 is 11.6 Å². The number of hydrogen-bond donors (Lipinski definition) is 2. The molecule has 2 N–H and O–H groups in total. The van der Waals surface area contributed by atoms with E-state index in [1.807, 2.05) is 0 Å². The molecule has 146 valence electrons. The van der Waals surface area contributed by atoms with Crippen molar-refractivity contribution >= 4 is 5.97 Å². The van der Waals surface area contributed by atoms with Crippen molar-refractivity contribution in [1.29, 1.82) is 0 Å². The van der Waals surface area contributed by atoms with Gasteiger partial charge in [-0.25, -0.2) is 0 Å². The maximum absolute atomic E-state index is 12.3. The van der Waals surface area contributed by atoms with Gasteiger partial charge in [0.05, 0.1) is 5.60 Å². The summed E-state index contributed by atoms with van der Waals surface area (Å²) in [5, 5.41) is 21.9. The van der Waals surface area contributed by atoms with Crippen LogP contribution in [0.25, 0.3) is 0 Å². The minimum Gasteiger partial charge on any atom is -0.481 e. The lowest BCUT2D eigenvalue weighted by atomic mass is 9.30. The van der Waals surface area contributed by atoms with Crippen molar-refractivity contribution in [2.45, 2.75) is 89.8 Å². The van der Waals surface area contributed by atoms with Crippen LogP contribution >= 0.6 is 0 Å². The molecule has 0 aromatic rings. The van der Waals surface area contributed by atoms with Gasteiger partial charge in [-0.2, -0.15) is 0 Å². The van der Waals surface area contributed by atoms with Gasteiger partial charge in [-0.05, 0) is 68.1 Å². The second-order valence-electron chi connectivity index (χ2n) is 10.8. The lowest BCUT2D eigenvalue weighted by Crippen LogP contribution is -2.88. The fourth-order valence-electron chi connectivity index (χ4n) is 9.19. The molecule has 1 unspecified atom stereocenters. The topological polar surface area (TPSA) is 60.8 Å². The Hall–Kier alpha value is -0.610. The fraction of sp³-hybridized carbons (Fsp3) is 0.955. The summed E-state index contributed by atoms with van der Waals surface area (Å²) in [6.45, 7) is 8.30. The van der Waals surface area contributed by atoms with Gasteiger partial charge >= 0.3 is 5.97 Å². The van der Waals surface area contributed by atoms with Crippen LogP contribution in [0.4, 0.5) is 0 Å². The zero-order valence-electron chi connectivity index (χ0n) is 16.6. The Labute approximate surface area is 157 Å². The molecular formula is C22H35NO3. The van der Waals surface area contributed by atoms with Gasteiger partial charge in [-0.15, -0.1) is 0 Å². The number of rotatable bonds is 4. The molecule has 9 atom stereocenters. The van der Waals surface area contributed by atoms with E-state index in [9.17, 15) is 15.0 Å². The van der Waals surface area contributed by atoms with Gasteiger partial charge in [-0.3, -0.25) is 9.69 Å². The number of nitrogens with zero attached hydrogens (tertiary/aromatic N) is 1.